The summed E-state index contributed by atoms with van der Waals surface area (Å²) >= 11 is 0. The normalized spacial score (nSPS) is 7.50. The zero-order valence-corrected chi connectivity index (χ0v) is 5.90. The van der Waals surface area contributed by atoms with Crippen LogP contribution in [0.4, 0.5) is 0 Å². The third-order valence-corrected chi connectivity index (χ3v) is 0.408. The molecule has 3 heteroatoms. The summed E-state index contributed by atoms with van der Waals surface area (Å²) in [4.78, 5) is 0. The molecule has 0 aromatic rings. The van der Waals surface area contributed by atoms with E-state index in [1.807, 2.05) is 13.8 Å². The molecule has 0 bridgehead atoms. The molecule has 3 nitrogen and oxygen atoms in total. The highest BCUT2D eigenvalue weighted by molar-refractivity contribution is 4.07. The summed E-state index contributed by atoms with van der Waals surface area (Å²) in [6.07, 6.45) is 0. The Hall–Kier alpha value is -0.120. The quantitative estimate of drug-likeness (QED) is 0.402. The van der Waals surface area contributed by atoms with Gasteiger partial charge in [-0.2, -0.15) is 0 Å². The van der Waals surface area contributed by atoms with Crippen LogP contribution < -0.4 is 11.3 Å². The van der Waals surface area contributed by atoms with Crippen LogP contribution in [0.5, 0.6) is 0 Å². The van der Waals surface area contributed by atoms with Gasteiger partial charge in [-0.3, -0.25) is 11.3 Å². The number of nitrogens with one attached hydrogen (secondary N) is 1. The summed E-state index contributed by atoms with van der Waals surface area (Å²) in [6, 6.07) is 0. The fourth-order valence-corrected chi connectivity index (χ4v) is 0.204. The first kappa shape index (κ1) is 10.8. The van der Waals surface area contributed by atoms with Crippen LogP contribution in [-0.4, -0.2) is 20.3 Å². The molecule has 0 amide bonds. The molecule has 0 rings (SSSR count). The summed E-state index contributed by atoms with van der Waals surface area (Å²) in [6.45, 7) is 5.67. The Morgan fingerprint density at radius 2 is 1.62 bits per heavy atom. The molecule has 3 N–H and O–H groups in total. The molecule has 0 saturated heterocycles. The summed E-state index contributed by atoms with van der Waals surface area (Å²) in [5.74, 6) is 4.60. The summed E-state index contributed by atoms with van der Waals surface area (Å²) in [7, 11) is 1.65. The number of nitrogens with two attached hydrogens (primary N) is 1. The van der Waals surface area contributed by atoms with Gasteiger partial charge in [0.1, 0.15) is 0 Å². The second-order valence-electron chi connectivity index (χ2n) is 1.07. The van der Waals surface area contributed by atoms with Crippen molar-refractivity contribution in [1.29, 1.82) is 0 Å². The van der Waals surface area contributed by atoms with Crippen molar-refractivity contribution in [3.8, 4) is 0 Å². The van der Waals surface area contributed by atoms with Crippen LogP contribution >= 0.6 is 0 Å². The molecule has 0 aromatic heterocycles. The SMILES string of the molecule is CCOCC.CNN. The Balaban J connectivity index is 0. The highest BCUT2D eigenvalue weighted by atomic mass is 16.5. The predicted octanol–water partition coefficient (Wildman–Crippen LogP) is 0.122. The van der Waals surface area contributed by atoms with Gasteiger partial charge in [0.2, 0.25) is 0 Å². The fraction of sp³-hybridized carbons (Fsp3) is 1.00. The minimum absolute atomic E-state index is 0.844. The number of hydrogen-bond acceptors (Lipinski definition) is 3. The van der Waals surface area contributed by atoms with Gasteiger partial charge in [-0.15, -0.1) is 0 Å². The Bertz CT molecular complexity index is 24.4. The molecule has 0 aliphatic rings. The maximum Gasteiger partial charge on any atom is 0.0437 e. The largest absolute Gasteiger partial charge is 0.382 e. The van der Waals surface area contributed by atoms with E-state index in [1.165, 1.54) is 0 Å². The minimum atomic E-state index is 0.844. The lowest BCUT2D eigenvalue weighted by Crippen LogP contribution is -2.13. The first-order valence-electron chi connectivity index (χ1n) is 2.78. The lowest BCUT2D eigenvalue weighted by molar-refractivity contribution is 0.162. The summed E-state index contributed by atoms with van der Waals surface area (Å²) in [5.41, 5.74) is 2.25. The van der Waals surface area contributed by atoms with Gasteiger partial charge >= 0.3 is 0 Å². The molecule has 0 aliphatic heterocycles. The molecule has 8 heavy (non-hydrogen) atoms. The molecule has 0 aliphatic carbocycles. The molecular weight excluding hydrogens is 104 g/mol. The molecule has 0 radical (unpaired) electrons. The van der Waals surface area contributed by atoms with Crippen LogP contribution in [0.15, 0.2) is 0 Å². The molecule has 52 valence electrons. The zero-order valence-electron chi connectivity index (χ0n) is 5.90. The van der Waals surface area contributed by atoms with Crippen LogP contribution in [-0.2, 0) is 4.74 Å². The molecule has 0 unspecified atom stereocenters. The van der Waals surface area contributed by atoms with E-state index in [2.05, 4.69) is 11.3 Å². The van der Waals surface area contributed by atoms with Gasteiger partial charge in [-0.25, -0.2) is 0 Å². The van der Waals surface area contributed by atoms with E-state index in [0.717, 1.165) is 13.2 Å². The van der Waals surface area contributed by atoms with Crippen molar-refractivity contribution < 1.29 is 4.74 Å². The van der Waals surface area contributed by atoms with Gasteiger partial charge in [-0.05, 0) is 20.9 Å². The molecule has 0 aromatic carbocycles. The van der Waals surface area contributed by atoms with Crippen LogP contribution in [0.25, 0.3) is 0 Å². The third-order valence-electron chi connectivity index (χ3n) is 0.408. The fourth-order valence-electron chi connectivity index (χ4n) is 0.204. The monoisotopic (exact) mass is 120 g/mol. The van der Waals surface area contributed by atoms with E-state index in [0.29, 0.717) is 0 Å². The molecular formula is C5H16N2O. The topological polar surface area (TPSA) is 47.3 Å². The first-order valence-corrected chi connectivity index (χ1v) is 2.78. The van der Waals surface area contributed by atoms with Gasteiger partial charge in [0.05, 0.1) is 0 Å². The lowest BCUT2D eigenvalue weighted by atomic mass is 10.8. The number of hydrazine groups is 1. The maximum atomic E-state index is 4.83. The molecule has 0 spiro atoms. The Labute approximate surface area is 51.2 Å². The minimum Gasteiger partial charge on any atom is -0.382 e. The van der Waals surface area contributed by atoms with E-state index < -0.39 is 0 Å². The lowest BCUT2D eigenvalue weighted by Gasteiger charge is -1.86. The average Bonchev–Trinajstić information content (AvgIpc) is 1.71. The number of rotatable bonds is 2. The second-order valence-corrected chi connectivity index (χ2v) is 1.07. The van der Waals surface area contributed by atoms with Gasteiger partial charge in [0.15, 0.2) is 0 Å². The number of ether oxygens (including phenoxy) is 1. The van der Waals surface area contributed by atoms with Crippen molar-refractivity contribution in [1.82, 2.24) is 5.43 Å². The average molecular weight is 120 g/mol. The van der Waals surface area contributed by atoms with Crippen LogP contribution in [0, 0.1) is 0 Å². The second kappa shape index (κ2) is 15.8. The van der Waals surface area contributed by atoms with E-state index in [-0.39, 0.29) is 0 Å². The van der Waals surface area contributed by atoms with Gasteiger partial charge in [0, 0.05) is 13.2 Å². The van der Waals surface area contributed by atoms with Crippen molar-refractivity contribution in [3.05, 3.63) is 0 Å². The molecule has 0 fully saturated rings. The highest BCUT2D eigenvalue weighted by Gasteiger charge is 1.64. The van der Waals surface area contributed by atoms with Crippen LogP contribution in [0.2, 0.25) is 0 Å². The molecule has 0 heterocycles. The predicted molar refractivity (Wildman–Crippen MR) is 35.4 cm³/mol. The van der Waals surface area contributed by atoms with Crippen molar-refractivity contribution in [2.45, 2.75) is 13.8 Å². The van der Waals surface area contributed by atoms with Crippen molar-refractivity contribution in [2.24, 2.45) is 5.84 Å². The Kier molecular flexibility index (Phi) is 21.3. The van der Waals surface area contributed by atoms with E-state index in [4.69, 9.17) is 4.74 Å². The maximum absolute atomic E-state index is 4.83. The summed E-state index contributed by atoms with van der Waals surface area (Å²) in [5, 5.41) is 0. The molecule has 0 atom stereocenters. The third kappa shape index (κ3) is 39.6. The molecule has 0 saturated carbocycles. The van der Waals surface area contributed by atoms with Gasteiger partial charge in [0.25, 0.3) is 0 Å². The van der Waals surface area contributed by atoms with Crippen molar-refractivity contribution >= 4 is 0 Å². The zero-order chi connectivity index (χ0) is 6.83. The standard InChI is InChI=1S/C4H10O.CH6N2/c1-3-5-4-2;1-3-2/h3-4H2,1-2H3;3H,2H2,1H3. The van der Waals surface area contributed by atoms with Gasteiger partial charge in [-0.1, -0.05) is 0 Å². The number of hydrogen-bond donors (Lipinski definition) is 2. The van der Waals surface area contributed by atoms with Gasteiger partial charge < -0.3 is 4.74 Å². The van der Waals surface area contributed by atoms with E-state index in [1.54, 1.807) is 7.05 Å². The van der Waals surface area contributed by atoms with Crippen LogP contribution in [0.3, 0.4) is 0 Å². The van der Waals surface area contributed by atoms with Crippen LogP contribution in [0.1, 0.15) is 13.8 Å². The van der Waals surface area contributed by atoms with E-state index >= 15 is 0 Å². The summed E-state index contributed by atoms with van der Waals surface area (Å²) < 4.78 is 4.83. The van der Waals surface area contributed by atoms with Crippen molar-refractivity contribution in [2.75, 3.05) is 20.3 Å². The highest BCUT2D eigenvalue weighted by Crippen LogP contribution is 1.64. The first-order chi connectivity index (χ1) is 3.83. The smallest absolute Gasteiger partial charge is 0.0437 e. The Morgan fingerprint density at radius 3 is 1.62 bits per heavy atom. The Morgan fingerprint density at radius 1 is 1.38 bits per heavy atom. The van der Waals surface area contributed by atoms with E-state index in [9.17, 15) is 0 Å². The van der Waals surface area contributed by atoms with Crippen molar-refractivity contribution in [3.63, 3.8) is 0 Å².